The van der Waals surface area contributed by atoms with Crippen molar-refractivity contribution in [2.24, 2.45) is 0 Å². The van der Waals surface area contributed by atoms with E-state index in [2.05, 4.69) is 9.46 Å². The van der Waals surface area contributed by atoms with Crippen LogP contribution in [0.5, 0.6) is 0 Å². The van der Waals surface area contributed by atoms with Gasteiger partial charge >= 0.3 is 5.97 Å². The van der Waals surface area contributed by atoms with E-state index in [0.717, 1.165) is 5.56 Å². The summed E-state index contributed by atoms with van der Waals surface area (Å²) >= 11 is 0. The van der Waals surface area contributed by atoms with Crippen LogP contribution < -0.4 is 4.72 Å². The highest BCUT2D eigenvalue weighted by Gasteiger charge is 2.16. The van der Waals surface area contributed by atoms with Gasteiger partial charge in [-0.25, -0.2) is 8.42 Å². The van der Waals surface area contributed by atoms with E-state index in [-0.39, 0.29) is 4.90 Å². The number of sulfonamides is 1. The molecule has 19 heavy (non-hydrogen) atoms. The summed E-state index contributed by atoms with van der Waals surface area (Å²) in [6, 6.07) is 7.92. The van der Waals surface area contributed by atoms with Gasteiger partial charge in [0.25, 0.3) is 0 Å². The van der Waals surface area contributed by atoms with Crippen molar-refractivity contribution in [3.8, 4) is 6.07 Å². The molecule has 102 valence electrons. The van der Waals surface area contributed by atoms with E-state index in [1.54, 1.807) is 18.2 Å². The maximum atomic E-state index is 11.8. The minimum absolute atomic E-state index is 0.0687. The van der Waals surface area contributed by atoms with Crippen molar-refractivity contribution < 1.29 is 17.9 Å². The molecule has 0 fully saturated rings. The first-order valence-electron chi connectivity index (χ1n) is 5.50. The first-order chi connectivity index (χ1) is 8.85. The smallest absolute Gasteiger partial charge is 0.322 e. The molecule has 1 N–H and O–H groups in total. The van der Waals surface area contributed by atoms with E-state index < -0.39 is 28.6 Å². The molecule has 1 aromatic carbocycles. The number of nitrogens with zero attached hydrogens (tertiary/aromatic N) is 1. The number of esters is 1. The average molecular weight is 282 g/mol. The minimum atomic E-state index is -3.75. The number of nitriles is 1. The summed E-state index contributed by atoms with van der Waals surface area (Å²) < 4.78 is 30.4. The number of aryl methyl sites for hydroxylation is 1. The molecule has 0 unspecified atom stereocenters. The molecule has 0 spiro atoms. The van der Waals surface area contributed by atoms with Crippen LogP contribution in [0.2, 0.25) is 0 Å². The number of nitrogens with one attached hydrogen (secondary N) is 1. The summed E-state index contributed by atoms with van der Waals surface area (Å²) in [5, 5.41) is 8.45. The van der Waals surface area contributed by atoms with Crippen LogP contribution in [0.1, 0.15) is 12.5 Å². The highest BCUT2D eigenvalue weighted by Crippen LogP contribution is 2.09. The Bertz CT molecular complexity index is 587. The monoisotopic (exact) mass is 282 g/mol. The molecule has 6 nitrogen and oxygen atoms in total. The molecule has 0 heterocycles. The van der Waals surface area contributed by atoms with Gasteiger partial charge in [0, 0.05) is 0 Å². The Balaban J connectivity index is 2.64. The number of carbonyl (C=O) groups excluding carboxylic acids is 1. The van der Waals surface area contributed by atoms with Crippen molar-refractivity contribution in [2.45, 2.75) is 24.8 Å². The maximum Gasteiger partial charge on any atom is 0.322 e. The number of hydrogen-bond acceptors (Lipinski definition) is 5. The van der Waals surface area contributed by atoms with Gasteiger partial charge in [-0.15, -0.1) is 0 Å². The SMILES string of the molecule is Cc1ccc(S(=O)(=O)NCC(=O)O[C@@H](C)C#N)cc1. The van der Waals surface area contributed by atoms with Gasteiger partial charge in [0.15, 0.2) is 6.10 Å². The lowest BCUT2D eigenvalue weighted by Crippen LogP contribution is -2.32. The number of rotatable bonds is 5. The molecule has 1 atom stereocenters. The van der Waals surface area contributed by atoms with Crippen molar-refractivity contribution >= 4 is 16.0 Å². The van der Waals surface area contributed by atoms with Crippen molar-refractivity contribution in [3.05, 3.63) is 29.8 Å². The van der Waals surface area contributed by atoms with Gasteiger partial charge in [-0.1, -0.05) is 17.7 Å². The third-order valence-corrected chi connectivity index (χ3v) is 3.64. The maximum absolute atomic E-state index is 11.8. The Morgan fingerprint density at radius 1 is 1.42 bits per heavy atom. The molecule has 0 aliphatic rings. The predicted molar refractivity (Wildman–Crippen MR) is 67.5 cm³/mol. The second-order valence-electron chi connectivity index (χ2n) is 3.90. The molecule has 0 amide bonds. The molecule has 0 aliphatic heterocycles. The molecule has 0 bridgehead atoms. The number of hydrogen-bond donors (Lipinski definition) is 1. The number of carbonyl (C=O) groups is 1. The largest absolute Gasteiger partial charge is 0.446 e. The van der Waals surface area contributed by atoms with Gasteiger partial charge in [0.2, 0.25) is 10.0 Å². The van der Waals surface area contributed by atoms with Gasteiger partial charge < -0.3 is 4.74 Å². The van der Waals surface area contributed by atoms with Crippen LogP contribution in [0.15, 0.2) is 29.2 Å². The van der Waals surface area contributed by atoms with Crippen LogP contribution >= 0.6 is 0 Å². The van der Waals surface area contributed by atoms with Crippen LogP contribution in [0.3, 0.4) is 0 Å². The minimum Gasteiger partial charge on any atom is -0.446 e. The van der Waals surface area contributed by atoms with E-state index in [9.17, 15) is 13.2 Å². The van der Waals surface area contributed by atoms with Gasteiger partial charge in [-0.3, -0.25) is 4.79 Å². The summed E-state index contributed by atoms with van der Waals surface area (Å²) in [6.07, 6.45) is -0.906. The van der Waals surface area contributed by atoms with E-state index >= 15 is 0 Å². The normalized spacial score (nSPS) is 12.5. The Morgan fingerprint density at radius 3 is 2.53 bits per heavy atom. The van der Waals surface area contributed by atoms with Crippen LogP contribution in [0.25, 0.3) is 0 Å². The molecule has 7 heteroatoms. The van der Waals surface area contributed by atoms with Crippen LogP contribution in [-0.2, 0) is 19.6 Å². The standard InChI is InChI=1S/C12H14N2O4S/c1-9-3-5-11(6-4-9)19(16,17)14-8-12(15)18-10(2)7-13/h3-6,10,14H,8H2,1-2H3/t10-/m0/s1. The van der Waals surface area contributed by atoms with Gasteiger partial charge in [0.05, 0.1) is 4.90 Å². The van der Waals surface area contributed by atoms with Crippen molar-refractivity contribution in [3.63, 3.8) is 0 Å². The van der Waals surface area contributed by atoms with Gasteiger partial charge in [0.1, 0.15) is 12.6 Å². The van der Waals surface area contributed by atoms with E-state index in [0.29, 0.717) is 0 Å². The summed E-state index contributed by atoms with van der Waals surface area (Å²) in [6.45, 7) is 2.72. The molecule has 0 saturated carbocycles. The second kappa shape index (κ2) is 6.31. The summed E-state index contributed by atoms with van der Waals surface area (Å²) in [5.41, 5.74) is 0.932. The lowest BCUT2D eigenvalue weighted by atomic mass is 10.2. The molecule has 0 radical (unpaired) electrons. The predicted octanol–water partition coefficient (Wildman–Crippen LogP) is 0.729. The van der Waals surface area contributed by atoms with Gasteiger partial charge in [-0.05, 0) is 26.0 Å². The topological polar surface area (TPSA) is 96.3 Å². The Kier molecular flexibility index (Phi) is 5.03. The van der Waals surface area contributed by atoms with Crippen molar-refractivity contribution in [1.82, 2.24) is 4.72 Å². The number of benzene rings is 1. The summed E-state index contributed by atoms with van der Waals surface area (Å²) in [7, 11) is -3.75. The van der Waals surface area contributed by atoms with Gasteiger partial charge in [-0.2, -0.15) is 9.98 Å². The average Bonchev–Trinajstić information content (AvgIpc) is 2.37. The molecule has 0 aromatic heterocycles. The van der Waals surface area contributed by atoms with E-state index in [1.165, 1.54) is 19.1 Å². The van der Waals surface area contributed by atoms with E-state index in [4.69, 9.17) is 5.26 Å². The quantitative estimate of drug-likeness (QED) is 0.803. The third-order valence-electron chi connectivity index (χ3n) is 2.23. The molecular formula is C12H14N2O4S. The molecule has 0 aliphatic carbocycles. The van der Waals surface area contributed by atoms with E-state index in [1.807, 2.05) is 6.92 Å². The fourth-order valence-corrected chi connectivity index (χ4v) is 2.19. The fraction of sp³-hybridized carbons (Fsp3) is 0.333. The first-order valence-corrected chi connectivity index (χ1v) is 6.99. The summed E-state index contributed by atoms with van der Waals surface area (Å²) in [4.78, 5) is 11.3. The van der Waals surface area contributed by atoms with Crippen LogP contribution in [0, 0.1) is 18.3 Å². The highest BCUT2D eigenvalue weighted by atomic mass is 32.2. The zero-order valence-corrected chi connectivity index (χ0v) is 11.4. The fourth-order valence-electron chi connectivity index (χ4n) is 1.22. The molecular weight excluding hydrogens is 268 g/mol. The Hall–Kier alpha value is -1.91. The number of ether oxygens (including phenoxy) is 1. The third kappa shape index (κ3) is 4.69. The Morgan fingerprint density at radius 2 is 2.00 bits per heavy atom. The lowest BCUT2D eigenvalue weighted by molar-refractivity contribution is -0.144. The zero-order chi connectivity index (χ0) is 14.5. The molecule has 1 rings (SSSR count). The van der Waals surface area contributed by atoms with Crippen molar-refractivity contribution in [1.29, 1.82) is 5.26 Å². The van der Waals surface area contributed by atoms with Crippen molar-refractivity contribution in [2.75, 3.05) is 6.54 Å². The molecule has 0 saturated heterocycles. The first kappa shape index (κ1) is 15.1. The van der Waals surface area contributed by atoms with Crippen LogP contribution in [0.4, 0.5) is 0 Å². The highest BCUT2D eigenvalue weighted by molar-refractivity contribution is 7.89. The van der Waals surface area contributed by atoms with Crippen LogP contribution in [-0.4, -0.2) is 27.0 Å². The zero-order valence-electron chi connectivity index (χ0n) is 10.6. The Labute approximate surface area is 112 Å². The summed E-state index contributed by atoms with van der Waals surface area (Å²) in [5.74, 6) is -0.801. The second-order valence-corrected chi connectivity index (χ2v) is 5.67. The lowest BCUT2D eigenvalue weighted by Gasteiger charge is -2.08. The molecule has 1 aromatic rings.